The third-order valence-corrected chi connectivity index (χ3v) is 4.66. The van der Waals surface area contributed by atoms with Gasteiger partial charge in [-0.2, -0.15) is 0 Å². The van der Waals surface area contributed by atoms with Crippen LogP contribution in [0.1, 0.15) is 29.9 Å². The molecule has 1 aliphatic rings. The number of nitrogens with zero attached hydrogens (tertiary/aromatic N) is 1. The molecule has 0 aliphatic heterocycles. The Morgan fingerprint density at radius 1 is 1.12 bits per heavy atom. The summed E-state index contributed by atoms with van der Waals surface area (Å²) in [5.41, 5.74) is 2.59. The molecule has 0 radical (unpaired) electrons. The second-order valence-corrected chi connectivity index (χ2v) is 6.43. The van der Waals surface area contributed by atoms with Gasteiger partial charge in [0.1, 0.15) is 11.5 Å². The fraction of sp³-hybridized carbons (Fsp3) is 0.273. The minimum Gasteiger partial charge on any atom is -0.511 e. The number of aliphatic hydroxyl groups is 1. The summed E-state index contributed by atoms with van der Waals surface area (Å²) >= 11 is 0. The van der Waals surface area contributed by atoms with Crippen LogP contribution in [0, 0.1) is 0 Å². The van der Waals surface area contributed by atoms with Gasteiger partial charge in [-0.1, -0.05) is 42.5 Å². The van der Waals surface area contributed by atoms with Crippen molar-refractivity contribution in [3.8, 4) is 5.75 Å². The molecule has 0 amide bonds. The molecule has 1 atom stereocenters. The Bertz CT molecular complexity index is 807. The molecule has 1 unspecified atom stereocenters. The van der Waals surface area contributed by atoms with Gasteiger partial charge in [-0.15, -0.1) is 0 Å². The highest BCUT2D eigenvalue weighted by Crippen LogP contribution is 2.32. The first-order valence-electron chi connectivity index (χ1n) is 8.80. The van der Waals surface area contributed by atoms with E-state index in [1.165, 1.54) is 6.21 Å². The largest absolute Gasteiger partial charge is 0.511 e. The van der Waals surface area contributed by atoms with Crippen LogP contribution in [0.15, 0.2) is 70.9 Å². The predicted molar refractivity (Wildman–Crippen MR) is 103 cm³/mol. The lowest BCUT2D eigenvalue weighted by Gasteiger charge is -2.22. The molecule has 2 aromatic carbocycles. The Kier molecular flexibility index (Phi) is 5.84. The number of hydrogen-bond donors (Lipinski definition) is 1. The Morgan fingerprint density at radius 2 is 1.85 bits per heavy atom. The van der Waals surface area contributed by atoms with E-state index in [9.17, 15) is 9.90 Å². The summed E-state index contributed by atoms with van der Waals surface area (Å²) in [5.74, 6) is 0.965. The maximum atomic E-state index is 12.4. The summed E-state index contributed by atoms with van der Waals surface area (Å²) in [6.07, 6.45) is 3.20. The van der Waals surface area contributed by atoms with Crippen molar-refractivity contribution in [1.82, 2.24) is 0 Å². The number of hydrogen-bond acceptors (Lipinski definition) is 4. The minimum absolute atomic E-state index is 0.0418. The summed E-state index contributed by atoms with van der Waals surface area (Å²) in [6.45, 7) is 0.568. The zero-order valence-electron chi connectivity index (χ0n) is 14.9. The second kappa shape index (κ2) is 8.48. The summed E-state index contributed by atoms with van der Waals surface area (Å²) in [5, 5.41) is 10.3. The maximum absolute atomic E-state index is 12.4. The van der Waals surface area contributed by atoms with E-state index in [0.29, 0.717) is 25.0 Å². The highest BCUT2D eigenvalue weighted by atomic mass is 16.5. The van der Waals surface area contributed by atoms with Gasteiger partial charge in [-0.25, -0.2) is 0 Å². The third-order valence-electron chi connectivity index (χ3n) is 4.66. The number of benzene rings is 2. The number of Topliss-reactive ketones (excluding diaryl/α,β-unsaturated/α-hetero) is 1. The molecule has 0 fully saturated rings. The average molecular weight is 349 g/mol. The first-order valence-corrected chi connectivity index (χ1v) is 8.80. The molecule has 0 bridgehead atoms. The van der Waals surface area contributed by atoms with Gasteiger partial charge in [0.25, 0.3) is 0 Å². The van der Waals surface area contributed by atoms with Crippen LogP contribution in [0.3, 0.4) is 0 Å². The van der Waals surface area contributed by atoms with Crippen molar-refractivity contribution in [1.29, 1.82) is 0 Å². The van der Waals surface area contributed by atoms with Crippen LogP contribution in [0.2, 0.25) is 0 Å². The molecular weight excluding hydrogens is 326 g/mol. The molecular formula is C22H23NO3. The van der Waals surface area contributed by atoms with Gasteiger partial charge in [0.15, 0.2) is 5.78 Å². The van der Waals surface area contributed by atoms with Crippen molar-refractivity contribution in [3.05, 3.63) is 77.1 Å². The smallest absolute Gasteiger partial charge is 0.168 e. The monoisotopic (exact) mass is 349 g/mol. The van der Waals surface area contributed by atoms with Crippen molar-refractivity contribution < 1.29 is 14.6 Å². The van der Waals surface area contributed by atoms with Gasteiger partial charge >= 0.3 is 0 Å². The lowest BCUT2D eigenvalue weighted by atomic mass is 9.83. The van der Waals surface area contributed by atoms with Crippen molar-refractivity contribution in [3.63, 3.8) is 0 Å². The lowest BCUT2D eigenvalue weighted by Crippen LogP contribution is -2.19. The van der Waals surface area contributed by atoms with Crippen molar-refractivity contribution in [2.45, 2.75) is 25.2 Å². The van der Waals surface area contributed by atoms with Gasteiger partial charge in [0, 0.05) is 25.6 Å². The van der Waals surface area contributed by atoms with E-state index in [0.717, 1.165) is 23.3 Å². The summed E-state index contributed by atoms with van der Waals surface area (Å²) in [7, 11) is 1.64. The zero-order chi connectivity index (χ0) is 18.4. The molecule has 1 aliphatic carbocycles. The number of ether oxygens (including phenoxy) is 1. The number of methoxy groups -OCH3 is 1. The quantitative estimate of drug-likeness (QED) is 0.793. The van der Waals surface area contributed by atoms with Crippen molar-refractivity contribution in [2.24, 2.45) is 4.99 Å². The molecule has 0 aromatic heterocycles. The van der Waals surface area contributed by atoms with Gasteiger partial charge in [0.05, 0.1) is 12.7 Å². The van der Waals surface area contributed by atoms with Crippen LogP contribution < -0.4 is 4.74 Å². The van der Waals surface area contributed by atoms with Gasteiger partial charge in [0.2, 0.25) is 0 Å². The minimum atomic E-state index is -0.0456. The second-order valence-electron chi connectivity index (χ2n) is 6.43. The molecule has 4 nitrogen and oxygen atoms in total. The van der Waals surface area contributed by atoms with E-state index in [2.05, 4.69) is 4.99 Å². The van der Waals surface area contributed by atoms with Crippen molar-refractivity contribution >= 4 is 12.0 Å². The number of aliphatic hydroxyl groups excluding tert-OH is 1. The van der Waals surface area contributed by atoms with Crippen LogP contribution >= 0.6 is 0 Å². The molecule has 1 N–H and O–H groups in total. The fourth-order valence-electron chi connectivity index (χ4n) is 3.16. The molecule has 0 saturated carbocycles. The zero-order valence-corrected chi connectivity index (χ0v) is 14.9. The SMILES string of the molecule is COc1ccc(CCN=CC2=C(O)CC(c3ccccc3)CC2=O)cc1. The Labute approximate surface area is 153 Å². The normalized spacial score (nSPS) is 17.7. The van der Waals surface area contributed by atoms with Gasteiger partial charge in [-0.05, 0) is 35.6 Å². The number of aliphatic imine (C=N–C) groups is 1. The fourth-order valence-corrected chi connectivity index (χ4v) is 3.16. The molecule has 134 valence electrons. The molecule has 0 saturated heterocycles. The number of ketones is 1. The summed E-state index contributed by atoms with van der Waals surface area (Å²) in [6, 6.07) is 17.7. The van der Waals surface area contributed by atoms with Crippen LogP contribution in [0.4, 0.5) is 0 Å². The average Bonchev–Trinajstić information content (AvgIpc) is 2.68. The first-order chi connectivity index (χ1) is 12.7. The van der Waals surface area contributed by atoms with E-state index < -0.39 is 0 Å². The van der Waals surface area contributed by atoms with E-state index in [-0.39, 0.29) is 17.5 Å². The van der Waals surface area contributed by atoms with E-state index in [1.807, 2.05) is 54.6 Å². The Morgan fingerprint density at radius 3 is 2.50 bits per heavy atom. The first kappa shape index (κ1) is 17.9. The number of carbonyl (C=O) groups excluding carboxylic acids is 1. The maximum Gasteiger partial charge on any atom is 0.168 e. The molecule has 2 aromatic rings. The molecule has 0 spiro atoms. The number of rotatable bonds is 6. The van der Waals surface area contributed by atoms with Crippen LogP contribution in [-0.4, -0.2) is 30.8 Å². The topological polar surface area (TPSA) is 58.9 Å². The predicted octanol–water partition coefficient (Wildman–Crippen LogP) is 4.27. The highest BCUT2D eigenvalue weighted by Gasteiger charge is 2.27. The summed E-state index contributed by atoms with van der Waals surface area (Å²) in [4.78, 5) is 16.7. The molecule has 3 rings (SSSR count). The summed E-state index contributed by atoms with van der Waals surface area (Å²) < 4.78 is 5.14. The molecule has 26 heavy (non-hydrogen) atoms. The van der Waals surface area contributed by atoms with E-state index in [1.54, 1.807) is 7.11 Å². The van der Waals surface area contributed by atoms with Gasteiger partial charge in [-0.3, -0.25) is 9.79 Å². The van der Waals surface area contributed by atoms with E-state index >= 15 is 0 Å². The molecule has 4 heteroatoms. The van der Waals surface area contributed by atoms with E-state index in [4.69, 9.17) is 4.74 Å². The Balaban J connectivity index is 1.59. The molecule has 0 heterocycles. The van der Waals surface area contributed by atoms with Crippen LogP contribution in [-0.2, 0) is 11.2 Å². The Hall–Kier alpha value is -2.88. The lowest BCUT2D eigenvalue weighted by molar-refractivity contribution is -0.116. The third kappa shape index (κ3) is 4.39. The number of allylic oxidation sites excluding steroid dienone is 2. The van der Waals surface area contributed by atoms with Gasteiger partial charge < -0.3 is 9.84 Å². The highest BCUT2D eigenvalue weighted by molar-refractivity contribution is 6.14. The number of carbonyl (C=O) groups is 1. The van der Waals surface area contributed by atoms with Crippen LogP contribution in [0.5, 0.6) is 5.75 Å². The van der Waals surface area contributed by atoms with Crippen LogP contribution in [0.25, 0.3) is 0 Å². The standard InChI is InChI=1S/C22H23NO3/c1-26-19-9-7-16(8-10-19)11-12-23-15-20-21(24)13-18(14-22(20)25)17-5-3-2-4-6-17/h2-10,15,18,24H,11-14H2,1H3. The van der Waals surface area contributed by atoms with Crippen molar-refractivity contribution in [2.75, 3.05) is 13.7 Å².